The van der Waals surface area contributed by atoms with Crippen molar-refractivity contribution in [2.24, 2.45) is 5.92 Å². The second kappa shape index (κ2) is 6.72. The largest absolute Gasteiger partial charge is 0.396 e. The van der Waals surface area contributed by atoms with Gasteiger partial charge in [0.1, 0.15) is 0 Å². The minimum absolute atomic E-state index is 0.00328. The average Bonchev–Trinajstić information content (AvgIpc) is 2.35. The SMILES string of the molecule is CC(CO)CSc1ccc([C@@H](C)O)cc1[N+](=O)[O-]. The third-order valence-corrected chi connectivity index (χ3v) is 3.89. The van der Waals surface area contributed by atoms with Crippen molar-refractivity contribution in [3.63, 3.8) is 0 Å². The van der Waals surface area contributed by atoms with Gasteiger partial charge in [0.05, 0.1) is 15.9 Å². The lowest BCUT2D eigenvalue weighted by molar-refractivity contribution is -0.387. The van der Waals surface area contributed by atoms with E-state index in [1.54, 1.807) is 19.1 Å². The first-order valence-corrected chi connectivity index (χ1v) is 6.64. The van der Waals surface area contributed by atoms with Gasteiger partial charge in [-0.15, -0.1) is 11.8 Å². The molecule has 0 bridgehead atoms. The van der Waals surface area contributed by atoms with Crippen LogP contribution in [0.3, 0.4) is 0 Å². The van der Waals surface area contributed by atoms with Gasteiger partial charge in [-0.05, 0) is 24.5 Å². The Hall–Kier alpha value is -1.11. The van der Waals surface area contributed by atoms with E-state index in [4.69, 9.17) is 5.11 Å². The van der Waals surface area contributed by atoms with Gasteiger partial charge in [0, 0.05) is 18.4 Å². The van der Waals surface area contributed by atoms with Gasteiger partial charge in [-0.3, -0.25) is 10.1 Å². The predicted molar refractivity (Wildman–Crippen MR) is 70.7 cm³/mol. The number of nitrogens with zero attached hydrogens (tertiary/aromatic N) is 1. The Bertz CT molecular complexity index is 423. The molecule has 0 aromatic heterocycles. The van der Waals surface area contributed by atoms with Crippen molar-refractivity contribution in [3.05, 3.63) is 33.9 Å². The van der Waals surface area contributed by atoms with Crippen molar-refractivity contribution in [2.45, 2.75) is 24.8 Å². The summed E-state index contributed by atoms with van der Waals surface area (Å²) in [6.07, 6.45) is -0.723. The molecular formula is C12H17NO4S. The normalized spacial score (nSPS) is 14.2. The van der Waals surface area contributed by atoms with E-state index >= 15 is 0 Å². The summed E-state index contributed by atoms with van der Waals surface area (Å²) in [5, 5.41) is 29.3. The fraction of sp³-hybridized carbons (Fsp3) is 0.500. The van der Waals surface area contributed by atoms with Crippen LogP contribution < -0.4 is 0 Å². The van der Waals surface area contributed by atoms with Gasteiger partial charge in [-0.1, -0.05) is 13.0 Å². The third kappa shape index (κ3) is 3.97. The van der Waals surface area contributed by atoms with Crippen molar-refractivity contribution in [2.75, 3.05) is 12.4 Å². The third-order valence-electron chi connectivity index (χ3n) is 2.50. The summed E-state index contributed by atoms with van der Waals surface area (Å²) in [5.41, 5.74) is 0.532. The molecule has 100 valence electrons. The summed E-state index contributed by atoms with van der Waals surface area (Å²) in [7, 11) is 0. The van der Waals surface area contributed by atoms with E-state index < -0.39 is 11.0 Å². The van der Waals surface area contributed by atoms with Gasteiger partial charge >= 0.3 is 0 Å². The fourth-order valence-corrected chi connectivity index (χ4v) is 2.36. The van der Waals surface area contributed by atoms with Crippen LogP contribution in [-0.4, -0.2) is 27.5 Å². The summed E-state index contributed by atoms with van der Waals surface area (Å²) in [6, 6.07) is 4.73. The number of hydrogen-bond acceptors (Lipinski definition) is 5. The first kappa shape index (κ1) is 14.9. The molecule has 1 unspecified atom stereocenters. The van der Waals surface area contributed by atoms with Crippen LogP contribution >= 0.6 is 11.8 Å². The van der Waals surface area contributed by atoms with E-state index in [0.29, 0.717) is 16.2 Å². The van der Waals surface area contributed by atoms with Crippen LogP contribution in [-0.2, 0) is 0 Å². The first-order valence-electron chi connectivity index (χ1n) is 5.65. The Balaban J connectivity index is 2.93. The Kier molecular flexibility index (Phi) is 5.58. The van der Waals surface area contributed by atoms with Crippen LogP contribution in [0.4, 0.5) is 5.69 Å². The minimum atomic E-state index is -0.723. The number of nitro benzene ring substituents is 1. The quantitative estimate of drug-likeness (QED) is 0.471. The molecule has 6 heteroatoms. The van der Waals surface area contributed by atoms with Crippen molar-refractivity contribution < 1.29 is 15.1 Å². The molecule has 18 heavy (non-hydrogen) atoms. The highest BCUT2D eigenvalue weighted by Gasteiger charge is 2.17. The van der Waals surface area contributed by atoms with E-state index in [0.717, 1.165) is 0 Å². The summed E-state index contributed by atoms with van der Waals surface area (Å²) < 4.78 is 0. The lowest BCUT2D eigenvalue weighted by Crippen LogP contribution is -2.04. The van der Waals surface area contributed by atoms with Crippen LogP contribution in [0.2, 0.25) is 0 Å². The molecule has 5 nitrogen and oxygen atoms in total. The highest BCUT2D eigenvalue weighted by molar-refractivity contribution is 7.99. The number of hydrogen-bond donors (Lipinski definition) is 2. The average molecular weight is 271 g/mol. The summed E-state index contributed by atoms with van der Waals surface area (Å²) in [4.78, 5) is 11.1. The summed E-state index contributed by atoms with van der Waals surface area (Å²) in [5.74, 6) is 0.705. The van der Waals surface area contributed by atoms with Crippen LogP contribution in [0, 0.1) is 16.0 Å². The first-order chi connectivity index (χ1) is 8.45. The van der Waals surface area contributed by atoms with E-state index in [-0.39, 0.29) is 18.2 Å². The van der Waals surface area contributed by atoms with E-state index in [9.17, 15) is 15.2 Å². The molecule has 0 fully saturated rings. The molecular weight excluding hydrogens is 254 g/mol. The van der Waals surface area contributed by atoms with Gasteiger partial charge in [0.15, 0.2) is 0 Å². The number of thioether (sulfide) groups is 1. The summed E-state index contributed by atoms with van der Waals surface area (Å²) in [6.45, 7) is 3.51. The molecule has 0 aliphatic rings. The van der Waals surface area contributed by atoms with Crippen LogP contribution in [0.15, 0.2) is 23.1 Å². The molecule has 0 spiro atoms. The molecule has 0 aliphatic heterocycles. The maximum atomic E-state index is 11.0. The molecule has 1 aromatic rings. The zero-order chi connectivity index (χ0) is 13.7. The monoisotopic (exact) mass is 271 g/mol. The Morgan fingerprint density at radius 1 is 1.44 bits per heavy atom. The number of benzene rings is 1. The second-order valence-corrected chi connectivity index (χ2v) is 5.32. The Morgan fingerprint density at radius 2 is 2.11 bits per heavy atom. The van der Waals surface area contributed by atoms with Crippen LogP contribution in [0.25, 0.3) is 0 Å². The highest BCUT2D eigenvalue weighted by atomic mass is 32.2. The van der Waals surface area contributed by atoms with Crippen molar-refractivity contribution in [1.29, 1.82) is 0 Å². The Morgan fingerprint density at radius 3 is 2.61 bits per heavy atom. The Labute approximate surface area is 110 Å². The molecule has 1 aromatic carbocycles. The molecule has 1 rings (SSSR count). The molecule has 0 heterocycles. The van der Waals surface area contributed by atoms with Gasteiger partial charge in [-0.2, -0.15) is 0 Å². The second-order valence-electron chi connectivity index (χ2n) is 4.26. The van der Waals surface area contributed by atoms with E-state index in [1.807, 2.05) is 6.92 Å². The number of aliphatic hydroxyl groups excluding tert-OH is 2. The number of aliphatic hydroxyl groups is 2. The van der Waals surface area contributed by atoms with Gasteiger partial charge < -0.3 is 10.2 Å². The molecule has 0 saturated carbocycles. The minimum Gasteiger partial charge on any atom is -0.396 e. The summed E-state index contributed by atoms with van der Waals surface area (Å²) >= 11 is 1.35. The molecule has 2 atom stereocenters. The molecule has 0 saturated heterocycles. The van der Waals surface area contributed by atoms with Crippen molar-refractivity contribution in [3.8, 4) is 0 Å². The smallest absolute Gasteiger partial charge is 0.283 e. The van der Waals surface area contributed by atoms with Crippen LogP contribution in [0.5, 0.6) is 0 Å². The molecule has 0 radical (unpaired) electrons. The standard InChI is InChI=1S/C12H17NO4S/c1-8(6-14)7-18-12-4-3-10(9(2)15)5-11(12)13(16)17/h3-5,8-9,14-15H,6-7H2,1-2H3/t8?,9-/m1/s1. The van der Waals surface area contributed by atoms with Crippen LogP contribution in [0.1, 0.15) is 25.5 Å². The van der Waals surface area contributed by atoms with Crippen molar-refractivity contribution >= 4 is 17.4 Å². The topological polar surface area (TPSA) is 83.6 Å². The maximum absolute atomic E-state index is 11.0. The van der Waals surface area contributed by atoms with Gasteiger partial charge in [0.25, 0.3) is 5.69 Å². The molecule has 0 aliphatic carbocycles. The predicted octanol–water partition coefficient (Wildman–Crippen LogP) is 2.37. The van der Waals surface area contributed by atoms with E-state index in [1.165, 1.54) is 17.8 Å². The molecule has 0 amide bonds. The van der Waals surface area contributed by atoms with Gasteiger partial charge in [0.2, 0.25) is 0 Å². The number of rotatable bonds is 6. The zero-order valence-corrected chi connectivity index (χ0v) is 11.2. The fourth-order valence-electron chi connectivity index (χ4n) is 1.34. The zero-order valence-electron chi connectivity index (χ0n) is 10.4. The number of nitro groups is 1. The van der Waals surface area contributed by atoms with Gasteiger partial charge in [-0.25, -0.2) is 0 Å². The lowest BCUT2D eigenvalue weighted by atomic mass is 10.1. The molecule has 2 N–H and O–H groups in total. The highest BCUT2D eigenvalue weighted by Crippen LogP contribution is 2.32. The maximum Gasteiger partial charge on any atom is 0.283 e. The van der Waals surface area contributed by atoms with E-state index in [2.05, 4.69) is 0 Å². The van der Waals surface area contributed by atoms with Crippen molar-refractivity contribution in [1.82, 2.24) is 0 Å². The lowest BCUT2D eigenvalue weighted by Gasteiger charge is -2.09.